The van der Waals surface area contributed by atoms with Crippen molar-refractivity contribution in [2.24, 2.45) is 17.3 Å². The van der Waals surface area contributed by atoms with E-state index in [1.54, 1.807) is 20.8 Å². The van der Waals surface area contributed by atoms with E-state index in [0.717, 1.165) is 0 Å². The van der Waals surface area contributed by atoms with Crippen LogP contribution in [-0.4, -0.2) is 22.6 Å². The number of carboxylic acids is 1. The lowest BCUT2D eigenvalue weighted by molar-refractivity contribution is -0.149. The molecule has 2 atom stereocenters. The molecule has 0 radical (unpaired) electrons. The van der Waals surface area contributed by atoms with Gasteiger partial charge in [-0.1, -0.05) is 31.5 Å². The van der Waals surface area contributed by atoms with Gasteiger partial charge in [0.25, 0.3) is 0 Å². The predicted octanol–water partition coefficient (Wildman–Crippen LogP) is 2.81. The Morgan fingerprint density at radius 3 is 2.17 bits per heavy atom. The van der Waals surface area contributed by atoms with Crippen molar-refractivity contribution in [1.29, 1.82) is 0 Å². The molecule has 1 rings (SSSR count). The fourth-order valence-corrected chi connectivity index (χ4v) is 2.19. The van der Waals surface area contributed by atoms with Crippen LogP contribution in [0.1, 0.15) is 34.6 Å². The van der Waals surface area contributed by atoms with E-state index in [4.69, 9.17) is 21.4 Å². The minimum absolute atomic E-state index is 0.0493. The summed E-state index contributed by atoms with van der Waals surface area (Å²) in [5, 5.41) is 8.96. The Labute approximate surface area is 112 Å². The lowest BCUT2D eigenvalue weighted by Crippen LogP contribution is -2.24. The summed E-state index contributed by atoms with van der Waals surface area (Å²) < 4.78 is 5.11. The molecule has 0 saturated heterocycles. The first kappa shape index (κ1) is 15.0. The molecule has 0 bridgehead atoms. The molecule has 5 heteroatoms. The van der Waals surface area contributed by atoms with Gasteiger partial charge in [0, 0.05) is 0 Å². The van der Waals surface area contributed by atoms with Crippen LogP contribution in [0.15, 0.2) is 11.1 Å². The number of esters is 1. The third kappa shape index (κ3) is 3.25. The molecule has 1 fully saturated rings. The first-order valence-corrected chi connectivity index (χ1v) is 6.18. The summed E-state index contributed by atoms with van der Waals surface area (Å²) in [6, 6.07) is 0. The van der Waals surface area contributed by atoms with Gasteiger partial charge in [0.05, 0.1) is 5.92 Å². The van der Waals surface area contributed by atoms with Crippen LogP contribution in [0.5, 0.6) is 0 Å². The number of ether oxygens (including phenoxy) is 1. The Bertz CT molecular complexity index is 404. The number of hydrogen-bond acceptors (Lipinski definition) is 3. The van der Waals surface area contributed by atoms with Crippen LogP contribution in [0.25, 0.3) is 0 Å². The Balaban J connectivity index is 2.74. The SMILES string of the molecule is CC(C)(C)OC(=O)/C(Cl)=C\C1C(C(=O)O)C1(C)C. The van der Waals surface area contributed by atoms with E-state index >= 15 is 0 Å². The van der Waals surface area contributed by atoms with E-state index in [0.29, 0.717) is 0 Å². The number of carbonyl (C=O) groups excluding carboxylic acids is 1. The quantitative estimate of drug-likeness (QED) is 0.635. The highest BCUT2D eigenvalue weighted by molar-refractivity contribution is 6.41. The minimum Gasteiger partial charge on any atom is -0.481 e. The smallest absolute Gasteiger partial charge is 0.349 e. The molecule has 102 valence electrons. The molecule has 1 saturated carbocycles. The van der Waals surface area contributed by atoms with Gasteiger partial charge < -0.3 is 9.84 Å². The molecule has 18 heavy (non-hydrogen) atoms. The highest BCUT2D eigenvalue weighted by Crippen LogP contribution is 2.59. The largest absolute Gasteiger partial charge is 0.481 e. The van der Waals surface area contributed by atoms with Crippen molar-refractivity contribution in [3.63, 3.8) is 0 Å². The normalized spacial score (nSPS) is 26.7. The summed E-state index contributed by atoms with van der Waals surface area (Å²) in [5.41, 5.74) is -0.982. The third-order valence-electron chi connectivity index (χ3n) is 3.10. The number of halogens is 1. The van der Waals surface area contributed by atoms with Crippen molar-refractivity contribution in [3.05, 3.63) is 11.1 Å². The number of rotatable bonds is 3. The van der Waals surface area contributed by atoms with Crippen molar-refractivity contribution in [3.8, 4) is 0 Å². The lowest BCUT2D eigenvalue weighted by atomic mass is 10.1. The Morgan fingerprint density at radius 2 is 1.83 bits per heavy atom. The zero-order valence-electron chi connectivity index (χ0n) is 11.3. The molecule has 1 aliphatic rings. The van der Waals surface area contributed by atoms with E-state index in [1.807, 2.05) is 13.8 Å². The molecule has 0 aromatic carbocycles. The Morgan fingerprint density at radius 1 is 1.33 bits per heavy atom. The van der Waals surface area contributed by atoms with Crippen molar-refractivity contribution >= 4 is 23.5 Å². The van der Waals surface area contributed by atoms with Gasteiger partial charge in [0.2, 0.25) is 0 Å². The molecular weight excluding hydrogens is 256 g/mol. The van der Waals surface area contributed by atoms with Gasteiger partial charge in [-0.3, -0.25) is 4.79 Å². The summed E-state index contributed by atoms with van der Waals surface area (Å²) in [6.45, 7) is 8.92. The average Bonchev–Trinajstić information content (AvgIpc) is 2.64. The lowest BCUT2D eigenvalue weighted by Gasteiger charge is -2.19. The summed E-state index contributed by atoms with van der Waals surface area (Å²) in [5.74, 6) is -2.20. The first-order valence-electron chi connectivity index (χ1n) is 5.80. The van der Waals surface area contributed by atoms with Gasteiger partial charge in [-0.15, -0.1) is 0 Å². The molecule has 0 aromatic heterocycles. The average molecular weight is 275 g/mol. The van der Waals surface area contributed by atoms with Crippen LogP contribution in [0.4, 0.5) is 0 Å². The second-order valence-corrected chi connectivity index (χ2v) is 6.59. The number of hydrogen-bond donors (Lipinski definition) is 1. The summed E-state index contributed by atoms with van der Waals surface area (Å²) in [4.78, 5) is 22.6. The maximum atomic E-state index is 11.6. The number of allylic oxidation sites excluding steroid dienone is 1. The fraction of sp³-hybridized carbons (Fsp3) is 0.692. The summed E-state index contributed by atoms with van der Waals surface area (Å²) in [7, 11) is 0. The highest BCUT2D eigenvalue weighted by Gasteiger charge is 2.61. The number of aliphatic carboxylic acids is 1. The van der Waals surface area contributed by atoms with Crippen molar-refractivity contribution in [1.82, 2.24) is 0 Å². The van der Waals surface area contributed by atoms with Gasteiger partial charge in [-0.2, -0.15) is 0 Å². The zero-order valence-corrected chi connectivity index (χ0v) is 12.0. The topological polar surface area (TPSA) is 63.6 Å². The van der Waals surface area contributed by atoms with Gasteiger partial charge in [0.1, 0.15) is 10.6 Å². The molecular formula is C13H19ClO4. The van der Waals surface area contributed by atoms with E-state index in [-0.39, 0.29) is 16.4 Å². The minimum atomic E-state index is -0.866. The number of carboxylic acid groups (broad SMARTS) is 1. The van der Waals surface area contributed by atoms with E-state index in [9.17, 15) is 9.59 Å². The van der Waals surface area contributed by atoms with Crippen LogP contribution < -0.4 is 0 Å². The first-order chi connectivity index (χ1) is 7.97. The Hall–Kier alpha value is -1.03. The van der Waals surface area contributed by atoms with E-state index in [2.05, 4.69) is 0 Å². The van der Waals surface area contributed by atoms with Crippen molar-refractivity contribution in [2.45, 2.75) is 40.2 Å². The monoisotopic (exact) mass is 274 g/mol. The van der Waals surface area contributed by atoms with Crippen molar-refractivity contribution in [2.75, 3.05) is 0 Å². The molecule has 0 heterocycles. The van der Waals surface area contributed by atoms with Gasteiger partial charge in [-0.25, -0.2) is 4.79 Å². The van der Waals surface area contributed by atoms with Crippen LogP contribution in [0.2, 0.25) is 0 Å². The molecule has 4 nitrogen and oxygen atoms in total. The van der Waals surface area contributed by atoms with Gasteiger partial charge in [0.15, 0.2) is 0 Å². The van der Waals surface area contributed by atoms with Crippen molar-refractivity contribution < 1.29 is 19.4 Å². The second-order valence-electron chi connectivity index (χ2n) is 6.18. The van der Waals surface area contributed by atoms with Gasteiger partial charge in [-0.05, 0) is 32.1 Å². The molecule has 2 unspecified atom stereocenters. The van der Waals surface area contributed by atoms with E-state index < -0.39 is 23.5 Å². The number of carbonyl (C=O) groups is 2. The second kappa shape index (κ2) is 4.57. The molecule has 0 aromatic rings. The maximum Gasteiger partial charge on any atom is 0.349 e. The predicted molar refractivity (Wildman–Crippen MR) is 68.2 cm³/mol. The molecule has 0 spiro atoms. The maximum absolute atomic E-state index is 11.6. The highest BCUT2D eigenvalue weighted by atomic mass is 35.5. The molecule has 0 amide bonds. The Kier molecular flexibility index (Phi) is 3.82. The van der Waals surface area contributed by atoms with Gasteiger partial charge >= 0.3 is 11.9 Å². The standard InChI is InChI=1S/C13H19ClO4/c1-12(2,3)18-11(17)8(14)6-7-9(10(15)16)13(7,4)5/h6-7,9H,1-5H3,(H,15,16)/b8-6+. The summed E-state index contributed by atoms with van der Waals surface area (Å²) in [6.07, 6.45) is 1.49. The van der Waals surface area contributed by atoms with Crippen LogP contribution in [0.3, 0.4) is 0 Å². The molecule has 1 N–H and O–H groups in total. The van der Waals surface area contributed by atoms with Crippen LogP contribution in [0, 0.1) is 17.3 Å². The summed E-state index contributed by atoms with van der Waals surface area (Å²) >= 11 is 5.86. The zero-order chi connectivity index (χ0) is 14.3. The molecule has 0 aliphatic heterocycles. The third-order valence-corrected chi connectivity index (χ3v) is 3.38. The van der Waals surface area contributed by atoms with E-state index in [1.165, 1.54) is 6.08 Å². The van der Waals surface area contributed by atoms with Crippen LogP contribution >= 0.6 is 11.6 Å². The fourth-order valence-electron chi connectivity index (χ4n) is 2.01. The van der Waals surface area contributed by atoms with Crippen LogP contribution in [-0.2, 0) is 14.3 Å². The molecule has 1 aliphatic carbocycles.